The molecule has 2 saturated heterocycles. The fourth-order valence-corrected chi connectivity index (χ4v) is 3.34. The first kappa shape index (κ1) is 14.5. The standard InChI is InChI=1S/C18H21N3O2/c22-18(21-11-14(12-21)16-5-1-2-8-19-16)17-7-6-15(23-17)13-20-9-3-4-10-20/h1-2,5-8,14H,3-4,9-13H2. The van der Waals surface area contributed by atoms with Crippen molar-refractivity contribution in [3.63, 3.8) is 0 Å². The van der Waals surface area contributed by atoms with Crippen molar-refractivity contribution < 1.29 is 9.21 Å². The van der Waals surface area contributed by atoms with Crippen molar-refractivity contribution >= 4 is 5.91 Å². The zero-order valence-corrected chi connectivity index (χ0v) is 13.1. The number of carbonyl (C=O) groups excluding carboxylic acids is 1. The number of nitrogens with zero attached hydrogens (tertiary/aromatic N) is 3. The quantitative estimate of drug-likeness (QED) is 0.870. The van der Waals surface area contributed by atoms with Crippen molar-refractivity contribution in [2.75, 3.05) is 26.2 Å². The minimum atomic E-state index is -0.00940. The van der Waals surface area contributed by atoms with Gasteiger partial charge in [-0.3, -0.25) is 14.7 Å². The summed E-state index contributed by atoms with van der Waals surface area (Å²) in [6.07, 6.45) is 4.32. The molecule has 0 bridgehead atoms. The molecule has 0 radical (unpaired) electrons. The predicted molar refractivity (Wildman–Crippen MR) is 86.1 cm³/mol. The van der Waals surface area contributed by atoms with Crippen LogP contribution in [0, 0.1) is 0 Å². The average Bonchev–Trinajstić information content (AvgIpc) is 3.19. The molecule has 0 spiro atoms. The molecule has 2 aromatic heterocycles. The molecule has 0 unspecified atom stereocenters. The zero-order chi connectivity index (χ0) is 15.6. The summed E-state index contributed by atoms with van der Waals surface area (Å²) in [5.74, 6) is 1.68. The van der Waals surface area contributed by atoms with Gasteiger partial charge in [-0.15, -0.1) is 0 Å². The van der Waals surface area contributed by atoms with Gasteiger partial charge in [0.15, 0.2) is 5.76 Å². The van der Waals surface area contributed by atoms with Crippen molar-refractivity contribution in [1.29, 1.82) is 0 Å². The van der Waals surface area contributed by atoms with E-state index in [1.165, 1.54) is 12.8 Å². The highest BCUT2D eigenvalue weighted by atomic mass is 16.4. The first-order valence-electron chi connectivity index (χ1n) is 8.31. The molecule has 0 N–H and O–H groups in total. The molecule has 2 aromatic rings. The Bertz CT molecular complexity index is 671. The van der Waals surface area contributed by atoms with Crippen LogP contribution in [0.1, 0.15) is 40.8 Å². The van der Waals surface area contributed by atoms with Crippen LogP contribution in [0.4, 0.5) is 0 Å². The second-order valence-electron chi connectivity index (χ2n) is 6.41. The van der Waals surface area contributed by atoms with E-state index in [-0.39, 0.29) is 5.91 Å². The molecule has 5 heteroatoms. The van der Waals surface area contributed by atoms with E-state index in [0.717, 1.165) is 44.2 Å². The summed E-state index contributed by atoms with van der Waals surface area (Å²) in [5.41, 5.74) is 1.06. The summed E-state index contributed by atoms with van der Waals surface area (Å²) in [7, 11) is 0. The highest BCUT2D eigenvalue weighted by Crippen LogP contribution is 2.27. The number of likely N-dealkylation sites (tertiary alicyclic amines) is 2. The first-order chi connectivity index (χ1) is 11.3. The van der Waals surface area contributed by atoms with Crippen molar-refractivity contribution in [3.8, 4) is 0 Å². The largest absolute Gasteiger partial charge is 0.455 e. The van der Waals surface area contributed by atoms with E-state index in [0.29, 0.717) is 11.7 Å². The Balaban J connectivity index is 1.34. The Labute approximate surface area is 135 Å². The monoisotopic (exact) mass is 311 g/mol. The van der Waals surface area contributed by atoms with Gasteiger partial charge in [0.1, 0.15) is 5.76 Å². The topological polar surface area (TPSA) is 49.6 Å². The van der Waals surface area contributed by atoms with E-state index in [1.54, 1.807) is 6.20 Å². The Morgan fingerprint density at radius 3 is 2.74 bits per heavy atom. The van der Waals surface area contributed by atoms with Crippen LogP contribution in [0.3, 0.4) is 0 Å². The Hall–Kier alpha value is -2.14. The number of carbonyl (C=O) groups is 1. The molecular weight excluding hydrogens is 290 g/mol. The van der Waals surface area contributed by atoms with E-state index in [4.69, 9.17) is 4.42 Å². The minimum absolute atomic E-state index is 0.00940. The first-order valence-corrected chi connectivity index (χ1v) is 8.31. The van der Waals surface area contributed by atoms with E-state index >= 15 is 0 Å². The van der Waals surface area contributed by atoms with E-state index in [2.05, 4.69) is 9.88 Å². The van der Waals surface area contributed by atoms with Crippen molar-refractivity contribution in [1.82, 2.24) is 14.8 Å². The molecule has 2 aliphatic rings. The number of aromatic nitrogens is 1. The number of hydrogen-bond donors (Lipinski definition) is 0. The fourth-order valence-electron chi connectivity index (χ4n) is 3.34. The molecule has 0 atom stereocenters. The Morgan fingerprint density at radius 2 is 2.00 bits per heavy atom. The molecule has 5 nitrogen and oxygen atoms in total. The fraction of sp³-hybridized carbons (Fsp3) is 0.444. The summed E-state index contributed by atoms with van der Waals surface area (Å²) in [6, 6.07) is 9.66. The van der Waals surface area contributed by atoms with Crippen molar-refractivity contribution in [2.45, 2.75) is 25.3 Å². The lowest BCUT2D eigenvalue weighted by Gasteiger charge is -2.38. The van der Waals surface area contributed by atoms with Gasteiger partial charge in [0, 0.05) is 30.9 Å². The molecule has 2 fully saturated rings. The van der Waals surface area contributed by atoms with Gasteiger partial charge < -0.3 is 9.32 Å². The van der Waals surface area contributed by atoms with Gasteiger partial charge in [-0.2, -0.15) is 0 Å². The van der Waals surface area contributed by atoms with Crippen LogP contribution in [0.25, 0.3) is 0 Å². The van der Waals surface area contributed by atoms with Crippen LogP contribution in [0.15, 0.2) is 40.9 Å². The summed E-state index contributed by atoms with van der Waals surface area (Å²) < 4.78 is 5.76. The SMILES string of the molecule is O=C(c1ccc(CN2CCCC2)o1)N1CC(c2ccccn2)C1. The number of hydrogen-bond acceptors (Lipinski definition) is 4. The van der Waals surface area contributed by atoms with Crippen LogP contribution in [0.2, 0.25) is 0 Å². The van der Waals surface area contributed by atoms with Gasteiger partial charge in [0.05, 0.1) is 6.54 Å². The lowest BCUT2D eigenvalue weighted by molar-refractivity contribution is 0.0562. The van der Waals surface area contributed by atoms with Crippen LogP contribution >= 0.6 is 0 Å². The van der Waals surface area contributed by atoms with Gasteiger partial charge >= 0.3 is 0 Å². The summed E-state index contributed by atoms with van der Waals surface area (Å²) >= 11 is 0. The van der Waals surface area contributed by atoms with Gasteiger partial charge in [0.2, 0.25) is 0 Å². The number of rotatable bonds is 4. The highest BCUT2D eigenvalue weighted by molar-refractivity contribution is 5.92. The Kier molecular flexibility index (Phi) is 3.87. The molecule has 4 rings (SSSR count). The minimum Gasteiger partial charge on any atom is -0.455 e. The molecular formula is C18H21N3O2. The lowest BCUT2D eigenvalue weighted by atomic mass is 9.95. The van der Waals surface area contributed by atoms with E-state index < -0.39 is 0 Å². The Morgan fingerprint density at radius 1 is 1.17 bits per heavy atom. The summed E-state index contributed by atoms with van der Waals surface area (Å²) in [4.78, 5) is 21.0. The maximum Gasteiger partial charge on any atom is 0.289 e. The molecule has 2 aliphatic heterocycles. The highest BCUT2D eigenvalue weighted by Gasteiger charge is 2.34. The molecule has 0 saturated carbocycles. The third-order valence-electron chi connectivity index (χ3n) is 4.73. The lowest BCUT2D eigenvalue weighted by Crippen LogP contribution is -2.48. The van der Waals surface area contributed by atoms with Gasteiger partial charge in [-0.05, 0) is 50.2 Å². The number of amides is 1. The molecule has 0 aliphatic carbocycles. The van der Waals surface area contributed by atoms with Crippen LogP contribution in [0.5, 0.6) is 0 Å². The third-order valence-corrected chi connectivity index (χ3v) is 4.73. The second kappa shape index (κ2) is 6.16. The van der Waals surface area contributed by atoms with Gasteiger partial charge in [0.25, 0.3) is 5.91 Å². The normalized spacial score (nSPS) is 19.0. The average molecular weight is 311 g/mol. The molecule has 23 heavy (non-hydrogen) atoms. The zero-order valence-electron chi connectivity index (χ0n) is 13.1. The van der Waals surface area contributed by atoms with Gasteiger partial charge in [-0.1, -0.05) is 6.07 Å². The van der Waals surface area contributed by atoms with Crippen LogP contribution < -0.4 is 0 Å². The number of furan rings is 1. The van der Waals surface area contributed by atoms with Crippen LogP contribution in [-0.2, 0) is 6.54 Å². The van der Waals surface area contributed by atoms with Crippen LogP contribution in [-0.4, -0.2) is 46.9 Å². The molecule has 4 heterocycles. The third kappa shape index (κ3) is 3.01. The maximum absolute atomic E-state index is 12.5. The van der Waals surface area contributed by atoms with Crippen molar-refractivity contribution in [2.24, 2.45) is 0 Å². The molecule has 0 aromatic carbocycles. The van der Waals surface area contributed by atoms with E-state index in [9.17, 15) is 4.79 Å². The molecule has 1 amide bonds. The second-order valence-corrected chi connectivity index (χ2v) is 6.41. The van der Waals surface area contributed by atoms with Gasteiger partial charge in [-0.25, -0.2) is 0 Å². The smallest absolute Gasteiger partial charge is 0.289 e. The number of pyridine rings is 1. The summed E-state index contributed by atoms with van der Waals surface area (Å²) in [5, 5.41) is 0. The summed E-state index contributed by atoms with van der Waals surface area (Å²) in [6.45, 7) is 4.50. The van der Waals surface area contributed by atoms with E-state index in [1.807, 2.05) is 35.2 Å². The molecule has 120 valence electrons. The predicted octanol–water partition coefficient (Wildman–Crippen LogP) is 2.51. The maximum atomic E-state index is 12.5. The van der Waals surface area contributed by atoms with Crippen molar-refractivity contribution in [3.05, 3.63) is 53.7 Å².